The SMILES string of the molecule is C=N/C(=C\C(=N/CC)N1CCOCC1)Oc1cc(C#N)ccc1-c1ccc(CCNCCCO)cc1. The summed E-state index contributed by atoms with van der Waals surface area (Å²) >= 11 is 0. The summed E-state index contributed by atoms with van der Waals surface area (Å²) in [6, 6.07) is 15.9. The number of morpholine rings is 1. The highest BCUT2D eigenvalue weighted by atomic mass is 16.5. The first kappa shape index (κ1) is 27.1. The van der Waals surface area contributed by atoms with Gasteiger partial charge in [0.1, 0.15) is 11.6 Å². The highest BCUT2D eigenvalue weighted by Gasteiger charge is 2.16. The number of nitrogens with zero attached hydrogens (tertiary/aromatic N) is 4. The lowest BCUT2D eigenvalue weighted by Crippen LogP contribution is -2.40. The van der Waals surface area contributed by atoms with Crippen molar-refractivity contribution in [3.8, 4) is 22.9 Å². The number of hydrogen-bond acceptors (Lipinski definition) is 7. The number of aliphatic hydroxyl groups excluding tert-OH is 1. The molecule has 1 fully saturated rings. The van der Waals surface area contributed by atoms with E-state index in [9.17, 15) is 5.26 Å². The van der Waals surface area contributed by atoms with Crippen LogP contribution in [0.15, 0.2) is 64.4 Å². The van der Waals surface area contributed by atoms with Crippen molar-refractivity contribution >= 4 is 12.6 Å². The van der Waals surface area contributed by atoms with E-state index in [1.54, 1.807) is 18.2 Å². The van der Waals surface area contributed by atoms with E-state index in [4.69, 9.17) is 14.6 Å². The van der Waals surface area contributed by atoms with Crippen molar-refractivity contribution in [2.24, 2.45) is 9.98 Å². The average Bonchev–Trinajstić information content (AvgIpc) is 2.93. The minimum atomic E-state index is 0.203. The molecule has 0 bridgehead atoms. The topological polar surface area (TPSA) is 102 Å². The number of ether oxygens (including phenoxy) is 2. The van der Waals surface area contributed by atoms with Gasteiger partial charge < -0.3 is 24.8 Å². The molecule has 1 aliphatic rings. The molecule has 0 amide bonds. The third-order valence-electron chi connectivity index (χ3n) is 5.76. The number of nitriles is 1. The lowest BCUT2D eigenvalue weighted by molar-refractivity contribution is 0.0683. The Morgan fingerprint density at radius 1 is 1.22 bits per heavy atom. The van der Waals surface area contributed by atoms with Gasteiger partial charge in [0.2, 0.25) is 5.88 Å². The number of aliphatic hydroxyl groups is 1. The minimum Gasteiger partial charge on any atom is -0.438 e. The Bertz CT molecular complexity index is 1080. The molecular formula is C28H35N5O3. The maximum atomic E-state index is 9.46. The molecule has 2 aromatic rings. The summed E-state index contributed by atoms with van der Waals surface area (Å²) in [4.78, 5) is 10.9. The number of hydrogen-bond donors (Lipinski definition) is 2. The quantitative estimate of drug-likeness (QED) is 0.205. The lowest BCUT2D eigenvalue weighted by Gasteiger charge is -2.28. The van der Waals surface area contributed by atoms with Gasteiger partial charge in [0, 0.05) is 37.9 Å². The number of nitrogens with one attached hydrogen (secondary N) is 1. The van der Waals surface area contributed by atoms with Crippen LogP contribution < -0.4 is 10.1 Å². The first-order chi connectivity index (χ1) is 17.7. The highest BCUT2D eigenvalue weighted by molar-refractivity contribution is 5.93. The number of amidine groups is 1. The van der Waals surface area contributed by atoms with Gasteiger partial charge in [0.15, 0.2) is 0 Å². The van der Waals surface area contributed by atoms with E-state index in [0.717, 1.165) is 56.0 Å². The fourth-order valence-corrected chi connectivity index (χ4v) is 3.85. The molecule has 0 saturated carbocycles. The molecule has 0 aliphatic carbocycles. The van der Waals surface area contributed by atoms with E-state index < -0.39 is 0 Å². The highest BCUT2D eigenvalue weighted by Crippen LogP contribution is 2.32. The molecule has 0 aromatic heterocycles. The fraction of sp³-hybridized carbons (Fsp3) is 0.393. The Kier molecular flexibility index (Phi) is 11.1. The van der Waals surface area contributed by atoms with Crippen LogP contribution in [-0.2, 0) is 11.2 Å². The minimum absolute atomic E-state index is 0.203. The summed E-state index contributed by atoms with van der Waals surface area (Å²) in [5.74, 6) is 1.62. The van der Waals surface area contributed by atoms with E-state index in [2.05, 4.69) is 57.3 Å². The predicted octanol–water partition coefficient (Wildman–Crippen LogP) is 3.41. The van der Waals surface area contributed by atoms with Crippen LogP contribution in [0.3, 0.4) is 0 Å². The van der Waals surface area contributed by atoms with Crippen molar-refractivity contribution in [3.05, 3.63) is 65.6 Å². The smallest absolute Gasteiger partial charge is 0.222 e. The summed E-state index contributed by atoms with van der Waals surface area (Å²) in [7, 11) is 0. The number of rotatable bonds is 12. The van der Waals surface area contributed by atoms with E-state index in [1.807, 2.05) is 13.0 Å². The Morgan fingerprint density at radius 3 is 2.67 bits per heavy atom. The molecule has 190 valence electrons. The Labute approximate surface area is 213 Å². The maximum Gasteiger partial charge on any atom is 0.222 e. The van der Waals surface area contributed by atoms with Gasteiger partial charge in [0.05, 0.1) is 24.8 Å². The van der Waals surface area contributed by atoms with Crippen molar-refractivity contribution in [2.75, 3.05) is 52.5 Å². The molecule has 36 heavy (non-hydrogen) atoms. The second-order valence-electron chi connectivity index (χ2n) is 8.27. The van der Waals surface area contributed by atoms with Gasteiger partial charge >= 0.3 is 0 Å². The first-order valence-electron chi connectivity index (χ1n) is 12.4. The van der Waals surface area contributed by atoms with Crippen LogP contribution in [0.5, 0.6) is 5.75 Å². The Balaban J connectivity index is 1.81. The maximum absolute atomic E-state index is 9.46. The number of aliphatic imine (C=N–C) groups is 2. The van der Waals surface area contributed by atoms with Gasteiger partial charge in [0.25, 0.3) is 0 Å². The lowest BCUT2D eigenvalue weighted by atomic mass is 10.0. The van der Waals surface area contributed by atoms with Crippen LogP contribution in [0.1, 0.15) is 24.5 Å². The Morgan fingerprint density at radius 2 is 2.00 bits per heavy atom. The fourth-order valence-electron chi connectivity index (χ4n) is 3.85. The van der Waals surface area contributed by atoms with Crippen LogP contribution in [0.4, 0.5) is 0 Å². The monoisotopic (exact) mass is 489 g/mol. The third-order valence-corrected chi connectivity index (χ3v) is 5.76. The molecule has 0 atom stereocenters. The standard InChI is InChI=1S/C28H35N5O3/c1-3-32-27(33-14-17-35-18-15-33)20-28(30-2)36-26-19-23(21-29)7-10-25(26)24-8-5-22(6-9-24)11-13-31-12-4-16-34/h5-10,19-20,31,34H,2-4,11-18H2,1H3/b28-20+,32-27+. The summed E-state index contributed by atoms with van der Waals surface area (Å²) in [6.07, 6.45) is 3.45. The zero-order valence-electron chi connectivity index (χ0n) is 20.9. The summed E-state index contributed by atoms with van der Waals surface area (Å²) in [5.41, 5.74) is 3.55. The predicted molar refractivity (Wildman–Crippen MR) is 143 cm³/mol. The van der Waals surface area contributed by atoms with Crippen molar-refractivity contribution in [1.82, 2.24) is 10.2 Å². The molecular weight excluding hydrogens is 454 g/mol. The molecule has 8 heteroatoms. The van der Waals surface area contributed by atoms with Crippen LogP contribution in [0, 0.1) is 11.3 Å². The molecule has 2 N–H and O–H groups in total. The summed E-state index contributed by atoms with van der Waals surface area (Å²) in [6.45, 7) is 11.0. The molecule has 3 rings (SSSR count). The van der Waals surface area contributed by atoms with Gasteiger partial charge in [-0.2, -0.15) is 5.26 Å². The molecule has 1 heterocycles. The van der Waals surface area contributed by atoms with E-state index >= 15 is 0 Å². The molecule has 2 aromatic carbocycles. The second-order valence-corrected chi connectivity index (χ2v) is 8.27. The summed E-state index contributed by atoms with van der Waals surface area (Å²) in [5, 5.41) is 21.7. The third kappa shape index (κ3) is 8.02. The van der Waals surface area contributed by atoms with Crippen LogP contribution in [0.25, 0.3) is 11.1 Å². The molecule has 8 nitrogen and oxygen atoms in total. The van der Waals surface area contributed by atoms with Gasteiger partial charge in [-0.25, -0.2) is 4.99 Å². The Hall–Kier alpha value is -3.51. The zero-order chi connectivity index (χ0) is 25.6. The average molecular weight is 490 g/mol. The van der Waals surface area contributed by atoms with Gasteiger partial charge in [-0.05, 0) is 68.9 Å². The zero-order valence-corrected chi connectivity index (χ0v) is 20.9. The van der Waals surface area contributed by atoms with Crippen LogP contribution >= 0.6 is 0 Å². The van der Waals surface area contributed by atoms with Crippen molar-refractivity contribution in [1.29, 1.82) is 5.26 Å². The first-order valence-corrected chi connectivity index (χ1v) is 12.4. The van der Waals surface area contributed by atoms with Gasteiger partial charge in [-0.3, -0.25) is 4.99 Å². The van der Waals surface area contributed by atoms with Crippen molar-refractivity contribution in [2.45, 2.75) is 19.8 Å². The molecule has 0 unspecified atom stereocenters. The molecule has 1 saturated heterocycles. The van der Waals surface area contributed by atoms with Crippen LogP contribution in [0.2, 0.25) is 0 Å². The molecule has 1 aliphatic heterocycles. The van der Waals surface area contributed by atoms with Gasteiger partial charge in [-0.15, -0.1) is 0 Å². The normalized spacial score (nSPS) is 14.4. The van der Waals surface area contributed by atoms with Crippen molar-refractivity contribution < 1.29 is 14.6 Å². The van der Waals surface area contributed by atoms with Crippen LogP contribution in [-0.4, -0.2) is 75.1 Å². The molecule has 0 spiro atoms. The molecule has 0 radical (unpaired) electrons. The van der Waals surface area contributed by atoms with E-state index in [0.29, 0.717) is 37.0 Å². The van der Waals surface area contributed by atoms with Gasteiger partial charge in [-0.1, -0.05) is 24.3 Å². The van der Waals surface area contributed by atoms with E-state index in [-0.39, 0.29) is 6.61 Å². The number of benzene rings is 2. The van der Waals surface area contributed by atoms with Crippen molar-refractivity contribution in [3.63, 3.8) is 0 Å². The van der Waals surface area contributed by atoms with E-state index in [1.165, 1.54) is 5.56 Å². The largest absolute Gasteiger partial charge is 0.438 e. The summed E-state index contributed by atoms with van der Waals surface area (Å²) < 4.78 is 11.7. The second kappa shape index (κ2) is 14.8.